The number of hydrogen-bond acceptors (Lipinski definition) is 5. The minimum absolute atomic E-state index is 0.000158. The monoisotopic (exact) mass is 343 g/mol. The zero-order valence-electron chi connectivity index (χ0n) is 11.9. The summed E-state index contributed by atoms with van der Waals surface area (Å²) in [6.45, 7) is -0.000158. The molecule has 2 aromatic rings. The Hall–Kier alpha value is -1.93. The summed E-state index contributed by atoms with van der Waals surface area (Å²) in [4.78, 5) is 11.9. The Bertz CT molecular complexity index is 768. The zero-order chi connectivity index (χ0) is 16.3. The molecule has 118 valence electrons. The summed E-state index contributed by atoms with van der Waals surface area (Å²) >= 11 is 1.10. The number of ether oxygens (including phenoxy) is 1. The van der Waals surface area contributed by atoms with Crippen molar-refractivity contribution in [1.82, 2.24) is 0 Å². The summed E-state index contributed by atoms with van der Waals surface area (Å²) in [7, 11) is -2.39. The van der Waals surface area contributed by atoms with Crippen LogP contribution in [0.4, 0.5) is 10.1 Å². The Morgan fingerprint density at radius 2 is 1.91 bits per heavy atom. The lowest BCUT2D eigenvalue weighted by molar-refractivity contribution is 0.0607. The van der Waals surface area contributed by atoms with Gasteiger partial charge in [-0.1, -0.05) is 12.1 Å². The topological polar surface area (TPSA) is 63.7 Å². The number of benzene rings is 1. The minimum atomic E-state index is -3.62. The van der Waals surface area contributed by atoms with Gasteiger partial charge in [-0.25, -0.2) is 17.6 Å². The van der Waals surface area contributed by atoms with Gasteiger partial charge in [0.25, 0.3) is 0 Å². The number of thiophene rings is 1. The second-order valence-corrected chi connectivity index (χ2v) is 7.35. The van der Waals surface area contributed by atoms with Gasteiger partial charge in [-0.2, -0.15) is 0 Å². The van der Waals surface area contributed by atoms with Crippen molar-refractivity contribution < 1.29 is 22.3 Å². The Morgan fingerprint density at radius 3 is 2.45 bits per heavy atom. The van der Waals surface area contributed by atoms with Gasteiger partial charge in [0.15, 0.2) is 0 Å². The van der Waals surface area contributed by atoms with Gasteiger partial charge in [0, 0.05) is 0 Å². The largest absolute Gasteiger partial charge is 0.465 e. The molecule has 0 amide bonds. The van der Waals surface area contributed by atoms with Gasteiger partial charge >= 0.3 is 5.97 Å². The van der Waals surface area contributed by atoms with E-state index in [-0.39, 0.29) is 17.1 Å². The van der Waals surface area contributed by atoms with Crippen molar-refractivity contribution in [3.05, 3.63) is 52.0 Å². The van der Waals surface area contributed by atoms with E-state index in [0.29, 0.717) is 5.56 Å². The second kappa shape index (κ2) is 6.45. The smallest absolute Gasteiger partial charge is 0.350 e. The van der Waals surface area contributed by atoms with Gasteiger partial charge in [0.2, 0.25) is 10.0 Å². The average Bonchev–Trinajstić information content (AvgIpc) is 2.93. The van der Waals surface area contributed by atoms with Crippen LogP contribution in [-0.4, -0.2) is 27.8 Å². The number of carbonyl (C=O) groups excluding carboxylic acids is 1. The molecule has 0 bridgehead atoms. The van der Waals surface area contributed by atoms with Gasteiger partial charge < -0.3 is 4.74 Å². The summed E-state index contributed by atoms with van der Waals surface area (Å²) in [6, 6.07) is 7.05. The molecule has 0 aliphatic rings. The number of sulfonamides is 1. The molecule has 5 nitrogen and oxygen atoms in total. The van der Waals surface area contributed by atoms with Crippen LogP contribution in [0, 0.1) is 5.82 Å². The Kier molecular flexibility index (Phi) is 4.82. The first-order valence-electron chi connectivity index (χ1n) is 6.21. The van der Waals surface area contributed by atoms with Crippen molar-refractivity contribution in [2.24, 2.45) is 0 Å². The summed E-state index contributed by atoms with van der Waals surface area (Å²) in [5.41, 5.74) is 0.859. The van der Waals surface area contributed by atoms with E-state index in [9.17, 15) is 17.6 Å². The molecule has 1 heterocycles. The normalized spacial score (nSPS) is 11.2. The van der Waals surface area contributed by atoms with E-state index in [2.05, 4.69) is 4.74 Å². The SMILES string of the molecule is COC(=O)c1sccc1N(Cc1ccc(F)cc1)S(C)(=O)=O. The van der Waals surface area contributed by atoms with E-state index in [4.69, 9.17) is 0 Å². The van der Waals surface area contributed by atoms with Crippen LogP contribution in [0.25, 0.3) is 0 Å². The Balaban J connectivity index is 2.42. The van der Waals surface area contributed by atoms with Gasteiger partial charge in [0.1, 0.15) is 10.7 Å². The van der Waals surface area contributed by atoms with E-state index in [1.807, 2.05) is 0 Å². The molecule has 0 saturated carbocycles. The van der Waals surface area contributed by atoms with E-state index in [1.54, 1.807) is 11.4 Å². The first kappa shape index (κ1) is 16.4. The molecular formula is C14H14FNO4S2. The first-order valence-corrected chi connectivity index (χ1v) is 8.93. The molecule has 8 heteroatoms. The second-order valence-electron chi connectivity index (χ2n) is 4.52. The average molecular weight is 343 g/mol. The summed E-state index contributed by atoms with van der Waals surface area (Å²) in [5, 5.41) is 1.62. The van der Waals surface area contributed by atoms with Crippen LogP contribution >= 0.6 is 11.3 Å². The van der Waals surface area contributed by atoms with Crippen molar-refractivity contribution in [2.45, 2.75) is 6.54 Å². The molecule has 0 unspecified atom stereocenters. The third-order valence-corrected chi connectivity index (χ3v) is 4.93. The fourth-order valence-corrected chi connectivity index (χ4v) is 3.64. The number of hydrogen-bond donors (Lipinski definition) is 0. The lowest BCUT2D eigenvalue weighted by atomic mass is 10.2. The molecule has 0 radical (unpaired) electrons. The summed E-state index contributed by atoms with van der Waals surface area (Å²) in [5.74, 6) is -1.00. The molecule has 1 aromatic heterocycles. The third kappa shape index (κ3) is 3.63. The van der Waals surface area contributed by atoms with Crippen LogP contribution in [0.5, 0.6) is 0 Å². The van der Waals surface area contributed by atoms with Crippen LogP contribution in [0.1, 0.15) is 15.2 Å². The Morgan fingerprint density at radius 1 is 1.27 bits per heavy atom. The predicted octanol–water partition coefficient (Wildman–Crippen LogP) is 2.64. The predicted molar refractivity (Wildman–Crippen MR) is 83.1 cm³/mol. The lowest BCUT2D eigenvalue weighted by Crippen LogP contribution is -2.30. The molecule has 0 atom stereocenters. The van der Waals surface area contributed by atoms with Crippen LogP contribution < -0.4 is 4.31 Å². The van der Waals surface area contributed by atoms with Crippen LogP contribution in [0.15, 0.2) is 35.7 Å². The molecule has 22 heavy (non-hydrogen) atoms. The van der Waals surface area contributed by atoms with Crippen LogP contribution in [0.3, 0.4) is 0 Å². The standard InChI is InChI=1S/C14H14FNO4S2/c1-20-14(17)13-12(7-8-21-13)16(22(2,18)19)9-10-3-5-11(15)6-4-10/h3-8H,9H2,1-2H3. The maximum absolute atomic E-state index is 13.0. The molecule has 1 aromatic carbocycles. The highest BCUT2D eigenvalue weighted by atomic mass is 32.2. The fraction of sp³-hybridized carbons (Fsp3) is 0.214. The number of halogens is 1. The highest BCUT2D eigenvalue weighted by molar-refractivity contribution is 7.92. The minimum Gasteiger partial charge on any atom is -0.465 e. The van der Waals surface area contributed by atoms with E-state index >= 15 is 0 Å². The molecule has 0 aliphatic heterocycles. The number of esters is 1. The number of rotatable bonds is 5. The number of methoxy groups -OCH3 is 1. The van der Waals surface area contributed by atoms with E-state index in [1.165, 1.54) is 31.4 Å². The molecular weight excluding hydrogens is 329 g/mol. The molecule has 0 saturated heterocycles. The molecule has 0 N–H and O–H groups in total. The van der Waals surface area contributed by atoms with Crippen molar-refractivity contribution in [2.75, 3.05) is 17.7 Å². The highest BCUT2D eigenvalue weighted by Crippen LogP contribution is 2.30. The quantitative estimate of drug-likeness (QED) is 0.783. The lowest BCUT2D eigenvalue weighted by Gasteiger charge is -2.22. The van der Waals surface area contributed by atoms with Crippen molar-refractivity contribution in [3.63, 3.8) is 0 Å². The van der Waals surface area contributed by atoms with Crippen molar-refractivity contribution >= 4 is 33.0 Å². The maximum atomic E-state index is 13.0. The van der Waals surface area contributed by atoms with Gasteiger partial charge in [-0.15, -0.1) is 11.3 Å². The highest BCUT2D eigenvalue weighted by Gasteiger charge is 2.25. The summed E-state index contributed by atoms with van der Waals surface area (Å²) in [6.07, 6.45) is 1.05. The molecule has 2 rings (SSSR count). The van der Waals surface area contributed by atoms with Gasteiger partial charge in [-0.05, 0) is 29.1 Å². The van der Waals surface area contributed by atoms with Crippen LogP contribution in [-0.2, 0) is 21.3 Å². The molecule has 0 spiro atoms. The van der Waals surface area contributed by atoms with Crippen molar-refractivity contribution in [1.29, 1.82) is 0 Å². The zero-order valence-corrected chi connectivity index (χ0v) is 13.6. The fourth-order valence-electron chi connectivity index (χ4n) is 1.88. The maximum Gasteiger partial charge on any atom is 0.350 e. The van der Waals surface area contributed by atoms with E-state index < -0.39 is 21.8 Å². The molecule has 0 fully saturated rings. The first-order chi connectivity index (χ1) is 10.3. The Labute approximate surface area is 132 Å². The van der Waals surface area contributed by atoms with E-state index in [0.717, 1.165) is 21.9 Å². The number of nitrogens with zero attached hydrogens (tertiary/aromatic N) is 1. The molecule has 0 aliphatic carbocycles. The van der Waals surface area contributed by atoms with Crippen molar-refractivity contribution in [3.8, 4) is 0 Å². The van der Waals surface area contributed by atoms with Crippen LogP contribution in [0.2, 0.25) is 0 Å². The van der Waals surface area contributed by atoms with Gasteiger partial charge in [-0.3, -0.25) is 4.31 Å². The number of anilines is 1. The number of carbonyl (C=O) groups is 1. The summed E-state index contributed by atoms with van der Waals surface area (Å²) < 4.78 is 42.9. The third-order valence-electron chi connectivity index (χ3n) is 2.92. The van der Waals surface area contributed by atoms with Gasteiger partial charge in [0.05, 0.1) is 25.6 Å².